The van der Waals surface area contributed by atoms with Crippen LogP contribution in [-0.4, -0.2) is 147 Å². The molecule has 0 aliphatic carbocycles. The molecule has 17 heteroatoms. The molecule has 2 unspecified atom stereocenters. The molecule has 0 amide bonds. The molecule has 3 rings (SSSR count). The molecule has 3 aliphatic heterocycles. The molecule has 0 radical (unpaired) electrons. The van der Waals surface area contributed by atoms with Crippen LogP contribution >= 0.6 is 0 Å². The monoisotopic (exact) mass is 560 g/mol. The van der Waals surface area contributed by atoms with E-state index in [2.05, 4.69) is 0 Å². The number of hydrogen-bond donors (Lipinski definition) is 11. The summed E-state index contributed by atoms with van der Waals surface area (Å²) >= 11 is 0. The summed E-state index contributed by atoms with van der Waals surface area (Å²) in [6.07, 6.45) is -16.1. The average molecular weight is 560 g/mol. The quantitative estimate of drug-likeness (QED) is 0.129. The molecule has 0 bridgehead atoms. The van der Waals surface area contributed by atoms with Crippen LogP contribution in [0, 0.1) is 6.10 Å². The first-order valence-electron chi connectivity index (χ1n) is 10.7. The van der Waals surface area contributed by atoms with Gasteiger partial charge in [0.05, 0.1) is 37.4 Å². The predicted molar refractivity (Wildman–Crippen MR) is 108 cm³/mol. The summed E-state index contributed by atoms with van der Waals surface area (Å²) in [7, 11) is 0. The van der Waals surface area contributed by atoms with Crippen molar-refractivity contribution in [3.8, 4) is 0 Å². The van der Waals surface area contributed by atoms with E-state index in [1.54, 1.807) is 0 Å². The predicted octanol–water partition coefficient (Wildman–Crippen LogP) is -7.78. The second-order valence-electron chi connectivity index (χ2n) is 8.43. The molecule has 14 atom stereocenters. The van der Waals surface area contributed by atoms with Crippen molar-refractivity contribution in [2.45, 2.75) is 85.8 Å². The zero-order chi connectivity index (χ0) is 25.3. The summed E-state index contributed by atoms with van der Waals surface area (Å²) < 4.78 is 27.3. The Bertz CT molecular complexity index is 653. The molecule has 3 heterocycles. The Morgan fingerprint density at radius 2 is 1.17 bits per heavy atom. The molecule has 3 saturated heterocycles. The molecule has 0 saturated carbocycles. The Morgan fingerprint density at radius 1 is 0.686 bits per heavy atom. The van der Waals surface area contributed by atoms with Crippen molar-refractivity contribution in [2.24, 2.45) is 17.2 Å². The third-order valence-electron chi connectivity index (χ3n) is 6.19. The van der Waals surface area contributed by atoms with Gasteiger partial charge in [-0.1, -0.05) is 6.61 Å². The third kappa shape index (κ3) is 6.30. The van der Waals surface area contributed by atoms with Gasteiger partial charge < -0.3 is 81.7 Å². The van der Waals surface area contributed by atoms with Crippen LogP contribution in [0.2, 0.25) is 0 Å². The number of nitrogens with two attached hydrogens (primary N) is 3. The molecule has 0 aromatic rings. The van der Waals surface area contributed by atoms with Crippen molar-refractivity contribution < 1.29 is 81.3 Å². The summed E-state index contributed by atoms with van der Waals surface area (Å²) in [6, 6.07) is -3.90. The van der Waals surface area contributed by atoms with Gasteiger partial charge in [0.1, 0.15) is 42.9 Å². The second-order valence-corrected chi connectivity index (χ2v) is 8.43. The van der Waals surface area contributed by atoms with Gasteiger partial charge in [0.25, 0.3) is 0 Å². The van der Waals surface area contributed by atoms with E-state index in [1.165, 1.54) is 0 Å². The Morgan fingerprint density at radius 3 is 1.71 bits per heavy atom. The van der Waals surface area contributed by atoms with Gasteiger partial charge in [-0.15, -0.1) is 6.10 Å². The van der Waals surface area contributed by atoms with Crippen LogP contribution in [0.25, 0.3) is 0 Å². The van der Waals surface area contributed by atoms with Crippen LogP contribution in [0.3, 0.4) is 0 Å². The molecule has 3 aliphatic rings. The van der Waals surface area contributed by atoms with Gasteiger partial charge in [0, 0.05) is 0 Å². The van der Waals surface area contributed by atoms with Crippen LogP contribution in [0.1, 0.15) is 0 Å². The second kappa shape index (κ2) is 13.1. The maximum atomic E-state index is 10.8. The van der Waals surface area contributed by atoms with Crippen LogP contribution in [0.15, 0.2) is 0 Å². The molecule has 209 valence electrons. The van der Waals surface area contributed by atoms with Gasteiger partial charge in [-0.2, -0.15) is 0 Å². The minimum absolute atomic E-state index is 0. The molecule has 16 nitrogen and oxygen atoms in total. The zero-order valence-electron chi connectivity index (χ0n) is 18.4. The molecular weight excluding hydrogens is 525 g/mol. The average Bonchev–Trinajstić information content (AvgIpc) is 2.83. The van der Waals surface area contributed by atoms with E-state index >= 15 is 0 Å². The van der Waals surface area contributed by atoms with E-state index in [1.807, 2.05) is 0 Å². The van der Waals surface area contributed by atoms with Crippen molar-refractivity contribution in [2.75, 3.05) is 19.8 Å². The van der Waals surface area contributed by atoms with Gasteiger partial charge in [0.15, 0.2) is 12.6 Å². The van der Waals surface area contributed by atoms with E-state index in [9.17, 15) is 40.9 Å². The molecule has 0 aromatic carbocycles. The Balaban J connectivity index is 0.00000432. The van der Waals surface area contributed by atoms with Crippen LogP contribution in [-0.2, 0) is 40.5 Å². The van der Waals surface area contributed by atoms with Crippen molar-refractivity contribution in [1.29, 1.82) is 0 Å². The number of hydrogen-bond acceptors (Lipinski definition) is 16. The summed E-state index contributed by atoms with van der Waals surface area (Å²) in [4.78, 5) is 0. The first-order valence-corrected chi connectivity index (χ1v) is 10.7. The van der Waals surface area contributed by atoms with Crippen LogP contribution in [0.4, 0.5) is 0 Å². The number of ether oxygens (including phenoxy) is 5. The van der Waals surface area contributed by atoms with Crippen molar-refractivity contribution >= 4 is 0 Å². The standard InChI is InChI=1S/C18H34N3O13.Co.H/c19-7-12(27)14(5(2-23)30-16(7)29)33-18-9(21)13(28)15(6(3-24)32-18)34-17-8(20)11(26)10(25)4(1-22)31-17;;/h5-18,22-29H,1-3,19-21H2;;/q-1;+1;/t5-,6-,7-,8-,9-,10-,11-,12-,13-,14?,15?,16-,17-,18+;;/m1../s1. The van der Waals surface area contributed by atoms with E-state index in [4.69, 9.17) is 40.9 Å². The van der Waals surface area contributed by atoms with Gasteiger partial charge >= 0.3 is 16.8 Å². The van der Waals surface area contributed by atoms with Crippen LogP contribution < -0.4 is 17.2 Å². The maximum absolute atomic E-state index is 10.8. The third-order valence-corrected chi connectivity index (χ3v) is 6.19. The molecular formula is C18H35CoN3O13. The van der Waals surface area contributed by atoms with Gasteiger partial charge in [-0.05, 0) is 6.10 Å². The summed E-state index contributed by atoms with van der Waals surface area (Å²) in [6.45, 7) is -2.09. The summed E-state index contributed by atoms with van der Waals surface area (Å²) in [5, 5.41) is 79.5. The fourth-order valence-corrected chi connectivity index (χ4v) is 4.07. The van der Waals surface area contributed by atoms with Gasteiger partial charge in [0.2, 0.25) is 0 Å². The molecule has 3 fully saturated rings. The Kier molecular flexibility index (Phi) is 11.6. The van der Waals surface area contributed by atoms with Gasteiger partial charge in [-0.3, -0.25) is 0 Å². The van der Waals surface area contributed by atoms with Crippen LogP contribution in [0.5, 0.6) is 0 Å². The zero-order valence-corrected chi connectivity index (χ0v) is 19.5. The fraction of sp³-hybridized carbons (Fsp3) is 0.944. The molecule has 0 aromatic heterocycles. The molecule has 35 heavy (non-hydrogen) atoms. The van der Waals surface area contributed by atoms with E-state index in [0.29, 0.717) is 0 Å². The molecule has 0 spiro atoms. The molecule has 14 N–H and O–H groups in total. The Labute approximate surface area is 210 Å². The van der Waals surface area contributed by atoms with E-state index < -0.39 is 106 Å². The van der Waals surface area contributed by atoms with E-state index in [0.717, 1.165) is 0 Å². The van der Waals surface area contributed by atoms with Crippen molar-refractivity contribution in [1.82, 2.24) is 0 Å². The Hall–Kier alpha value is -0.134. The summed E-state index contributed by atoms with van der Waals surface area (Å²) in [5.74, 6) is 0. The number of aliphatic hydroxyl groups excluding tert-OH is 8. The summed E-state index contributed by atoms with van der Waals surface area (Å²) in [5.41, 5.74) is 17.6. The first kappa shape index (κ1) is 31.1. The topological polar surface area (TPSA) is 286 Å². The fourth-order valence-electron chi connectivity index (χ4n) is 4.07. The first-order chi connectivity index (χ1) is 16.0. The SMILES string of the molecule is N[C@H]1[C@@H](OC2[C@@H](CO)O[C@@H](OC3[C@@H](CO)O[C@@H](O)[C@H](N)[C@H]3O)[C@H](N)[C@H]2O)O[C-](CO)[C@@H](O)[C@@H]1O.[CoH+]. The normalized spacial score (nSPS) is 49.5. The van der Waals surface area contributed by atoms with E-state index in [-0.39, 0.29) is 22.9 Å². The van der Waals surface area contributed by atoms with Crippen molar-refractivity contribution in [3.05, 3.63) is 6.10 Å². The number of aliphatic hydroxyl groups is 8. The minimum atomic E-state index is -1.57. The van der Waals surface area contributed by atoms with Crippen molar-refractivity contribution in [3.63, 3.8) is 0 Å². The number of rotatable bonds is 7. The van der Waals surface area contributed by atoms with Gasteiger partial charge in [-0.25, -0.2) is 0 Å².